The van der Waals surface area contributed by atoms with Crippen LogP contribution in [0.4, 0.5) is 0 Å². The molecule has 4 aromatic rings. The highest BCUT2D eigenvalue weighted by molar-refractivity contribution is 7.17. The van der Waals surface area contributed by atoms with Crippen molar-refractivity contribution >= 4 is 33.3 Å². The SMILES string of the molecule is CCCC(c1ccc(C(=O)NCCC(=O)O)cc1)C(c1ccc(OC)cc1)c1csc2ccccc12. The van der Waals surface area contributed by atoms with Crippen LogP contribution in [0.25, 0.3) is 10.1 Å². The summed E-state index contributed by atoms with van der Waals surface area (Å²) in [5, 5.41) is 15.0. The van der Waals surface area contributed by atoms with E-state index in [1.54, 1.807) is 18.4 Å². The zero-order valence-corrected chi connectivity index (χ0v) is 21.4. The lowest BCUT2D eigenvalue weighted by Crippen LogP contribution is -2.26. The van der Waals surface area contributed by atoms with E-state index in [2.05, 4.69) is 54.0 Å². The van der Waals surface area contributed by atoms with Crippen LogP contribution in [-0.2, 0) is 4.79 Å². The van der Waals surface area contributed by atoms with Crippen molar-refractivity contribution in [1.29, 1.82) is 0 Å². The fourth-order valence-corrected chi connectivity index (χ4v) is 5.78. The number of rotatable bonds is 11. The molecular weight excluding hydrogens is 470 g/mol. The van der Waals surface area contributed by atoms with E-state index >= 15 is 0 Å². The third kappa shape index (κ3) is 5.77. The van der Waals surface area contributed by atoms with Gasteiger partial charge >= 0.3 is 5.97 Å². The molecule has 5 nitrogen and oxygen atoms in total. The van der Waals surface area contributed by atoms with E-state index in [1.165, 1.54) is 26.8 Å². The molecule has 6 heteroatoms. The molecule has 0 spiro atoms. The summed E-state index contributed by atoms with van der Waals surface area (Å²) < 4.78 is 6.68. The summed E-state index contributed by atoms with van der Waals surface area (Å²) in [6, 6.07) is 24.6. The molecule has 1 heterocycles. The van der Waals surface area contributed by atoms with Crippen molar-refractivity contribution in [3.05, 3.63) is 100 Å². The Labute approximate surface area is 215 Å². The zero-order chi connectivity index (χ0) is 25.5. The van der Waals surface area contributed by atoms with Gasteiger partial charge in [0, 0.05) is 22.7 Å². The second-order valence-corrected chi connectivity index (χ2v) is 9.77. The largest absolute Gasteiger partial charge is 0.497 e. The number of hydrogen-bond donors (Lipinski definition) is 2. The van der Waals surface area contributed by atoms with Gasteiger partial charge in [0.25, 0.3) is 5.91 Å². The van der Waals surface area contributed by atoms with Gasteiger partial charge in [-0.05, 0) is 70.1 Å². The van der Waals surface area contributed by atoms with E-state index in [0.29, 0.717) is 5.56 Å². The molecule has 0 radical (unpaired) electrons. The Hall–Kier alpha value is -3.64. The topological polar surface area (TPSA) is 75.6 Å². The lowest BCUT2D eigenvalue weighted by atomic mass is 9.75. The summed E-state index contributed by atoms with van der Waals surface area (Å²) in [4.78, 5) is 23.2. The van der Waals surface area contributed by atoms with E-state index < -0.39 is 5.97 Å². The van der Waals surface area contributed by atoms with E-state index in [1.807, 2.05) is 36.4 Å². The molecule has 0 bridgehead atoms. The van der Waals surface area contributed by atoms with Crippen LogP contribution in [0.3, 0.4) is 0 Å². The Morgan fingerprint density at radius 2 is 1.67 bits per heavy atom. The third-order valence-corrected chi connectivity index (χ3v) is 7.53. The van der Waals surface area contributed by atoms with Gasteiger partial charge in [0.2, 0.25) is 0 Å². The molecule has 4 rings (SSSR count). The van der Waals surface area contributed by atoms with E-state index in [0.717, 1.165) is 18.6 Å². The number of ether oxygens (including phenoxy) is 1. The second kappa shape index (κ2) is 11.9. The molecular formula is C30H31NO4S. The first kappa shape index (κ1) is 25.5. The molecule has 36 heavy (non-hydrogen) atoms. The van der Waals surface area contributed by atoms with Crippen molar-refractivity contribution in [2.75, 3.05) is 13.7 Å². The highest BCUT2D eigenvalue weighted by Gasteiger charge is 2.28. The van der Waals surface area contributed by atoms with Gasteiger partial charge in [-0.25, -0.2) is 0 Å². The minimum absolute atomic E-state index is 0.0967. The molecule has 186 valence electrons. The van der Waals surface area contributed by atoms with Crippen LogP contribution in [0.1, 0.15) is 65.1 Å². The summed E-state index contributed by atoms with van der Waals surface area (Å²) >= 11 is 1.77. The van der Waals surface area contributed by atoms with E-state index in [4.69, 9.17) is 9.84 Å². The van der Waals surface area contributed by atoms with Gasteiger partial charge in [0.1, 0.15) is 5.75 Å². The predicted molar refractivity (Wildman–Crippen MR) is 145 cm³/mol. The molecule has 0 aliphatic rings. The van der Waals surface area contributed by atoms with Crippen molar-refractivity contribution in [2.45, 2.75) is 38.0 Å². The quantitative estimate of drug-likeness (QED) is 0.236. The number of carboxylic acid groups (broad SMARTS) is 1. The molecule has 0 aliphatic heterocycles. The molecule has 2 unspecified atom stereocenters. The molecule has 0 saturated carbocycles. The maximum Gasteiger partial charge on any atom is 0.305 e. The van der Waals surface area contributed by atoms with Crippen molar-refractivity contribution in [1.82, 2.24) is 5.32 Å². The maximum absolute atomic E-state index is 12.5. The Morgan fingerprint density at radius 1 is 0.972 bits per heavy atom. The van der Waals surface area contributed by atoms with E-state index in [9.17, 15) is 9.59 Å². The fourth-order valence-electron chi connectivity index (χ4n) is 4.78. The van der Waals surface area contributed by atoms with Gasteiger partial charge in [-0.2, -0.15) is 0 Å². The van der Waals surface area contributed by atoms with Gasteiger partial charge in [0.05, 0.1) is 13.5 Å². The lowest BCUT2D eigenvalue weighted by Gasteiger charge is -2.29. The summed E-state index contributed by atoms with van der Waals surface area (Å²) in [5.74, 6) is -0.00490. The summed E-state index contributed by atoms with van der Waals surface area (Å²) in [6.45, 7) is 2.31. The summed E-state index contributed by atoms with van der Waals surface area (Å²) in [7, 11) is 1.68. The van der Waals surface area contributed by atoms with E-state index in [-0.39, 0.29) is 30.7 Å². The highest BCUT2D eigenvalue weighted by atomic mass is 32.1. The second-order valence-electron chi connectivity index (χ2n) is 8.85. The summed E-state index contributed by atoms with van der Waals surface area (Å²) in [6.07, 6.45) is 1.92. The van der Waals surface area contributed by atoms with Crippen LogP contribution < -0.4 is 10.1 Å². The van der Waals surface area contributed by atoms with Gasteiger partial charge in [-0.1, -0.05) is 55.8 Å². The number of nitrogens with one attached hydrogen (secondary N) is 1. The molecule has 0 aliphatic carbocycles. The number of carboxylic acids is 1. The van der Waals surface area contributed by atoms with Crippen molar-refractivity contribution in [2.24, 2.45) is 0 Å². The van der Waals surface area contributed by atoms with Crippen LogP contribution in [-0.4, -0.2) is 30.6 Å². The fraction of sp³-hybridized carbons (Fsp3) is 0.267. The lowest BCUT2D eigenvalue weighted by molar-refractivity contribution is -0.136. The Morgan fingerprint density at radius 3 is 2.33 bits per heavy atom. The third-order valence-electron chi connectivity index (χ3n) is 6.55. The normalized spacial score (nSPS) is 12.7. The molecule has 2 N–H and O–H groups in total. The summed E-state index contributed by atoms with van der Waals surface area (Å²) in [5.41, 5.74) is 4.25. The minimum atomic E-state index is -0.932. The first-order valence-electron chi connectivity index (χ1n) is 12.2. The highest BCUT2D eigenvalue weighted by Crippen LogP contribution is 2.45. The molecule has 0 saturated heterocycles. The minimum Gasteiger partial charge on any atom is -0.497 e. The van der Waals surface area contributed by atoms with Gasteiger partial charge in [-0.3, -0.25) is 9.59 Å². The molecule has 3 aromatic carbocycles. The monoisotopic (exact) mass is 501 g/mol. The Balaban J connectivity index is 1.71. The number of hydrogen-bond acceptors (Lipinski definition) is 4. The number of fused-ring (bicyclic) bond motifs is 1. The smallest absolute Gasteiger partial charge is 0.305 e. The average molecular weight is 502 g/mol. The number of benzene rings is 3. The number of carbonyl (C=O) groups is 2. The standard InChI is InChI=1S/C30H31NO4S/c1-3-6-24(20-9-11-22(12-10-20)30(34)31-18-17-28(32)33)29(21-13-15-23(35-2)16-14-21)26-19-36-27-8-5-4-7-25(26)27/h4-5,7-16,19,24,29H,3,6,17-18H2,1-2H3,(H,31,34)(H,32,33). The number of carbonyl (C=O) groups excluding carboxylic acids is 1. The van der Waals surface area contributed by atoms with Crippen LogP contribution in [0, 0.1) is 0 Å². The van der Waals surface area contributed by atoms with Crippen molar-refractivity contribution < 1.29 is 19.4 Å². The number of aliphatic carboxylic acids is 1. The van der Waals surface area contributed by atoms with Gasteiger partial charge in [0.15, 0.2) is 0 Å². The van der Waals surface area contributed by atoms with Gasteiger partial charge < -0.3 is 15.2 Å². The van der Waals surface area contributed by atoms with Crippen LogP contribution in [0.5, 0.6) is 5.75 Å². The van der Waals surface area contributed by atoms with Crippen molar-refractivity contribution in [3.8, 4) is 5.75 Å². The maximum atomic E-state index is 12.5. The Bertz CT molecular complexity index is 1310. The van der Waals surface area contributed by atoms with Crippen LogP contribution >= 0.6 is 11.3 Å². The number of methoxy groups -OCH3 is 1. The molecule has 1 amide bonds. The first-order chi connectivity index (χ1) is 17.5. The first-order valence-corrected chi connectivity index (χ1v) is 13.1. The van der Waals surface area contributed by atoms with Crippen LogP contribution in [0.2, 0.25) is 0 Å². The predicted octanol–water partition coefficient (Wildman–Crippen LogP) is 6.83. The molecule has 0 fully saturated rings. The Kier molecular flexibility index (Phi) is 8.39. The number of amides is 1. The average Bonchev–Trinajstić information content (AvgIpc) is 3.32. The molecule has 1 aromatic heterocycles. The molecule has 2 atom stereocenters. The number of thiophene rings is 1. The van der Waals surface area contributed by atoms with Crippen molar-refractivity contribution in [3.63, 3.8) is 0 Å². The zero-order valence-electron chi connectivity index (χ0n) is 20.6. The van der Waals surface area contributed by atoms with Crippen LogP contribution in [0.15, 0.2) is 78.2 Å². The van der Waals surface area contributed by atoms with Gasteiger partial charge in [-0.15, -0.1) is 11.3 Å².